The van der Waals surface area contributed by atoms with Crippen LogP contribution in [0.15, 0.2) is 12.1 Å². The normalized spacial score (nSPS) is 12.6. The van der Waals surface area contributed by atoms with Crippen LogP contribution in [0.25, 0.3) is 0 Å². The van der Waals surface area contributed by atoms with E-state index in [2.05, 4.69) is 0 Å². The van der Waals surface area contributed by atoms with Crippen LogP contribution in [0.2, 0.25) is 0 Å². The first-order chi connectivity index (χ1) is 6.61. The van der Waals surface area contributed by atoms with Gasteiger partial charge in [-0.25, -0.2) is 4.39 Å². The number of ether oxygens (including phenoxy) is 1. The molecule has 4 nitrogen and oxygen atoms in total. The molecule has 4 N–H and O–H groups in total. The van der Waals surface area contributed by atoms with Crippen molar-refractivity contribution in [3.63, 3.8) is 0 Å². The van der Waals surface area contributed by atoms with Crippen LogP contribution in [0, 0.1) is 5.82 Å². The van der Waals surface area contributed by atoms with Crippen LogP contribution in [-0.2, 0) is 0 Å². The van der Waals surface area contributed by atoms with E-state index in [0.29, 0.717) is 0 Å². The van der Waals surface area contributed by atoms with Crippen LogP contribution < -0.4 is 10.5 Å². The van der Waals surface area contributed by atoms with Gasteiger partial charge in [0.15, 0.2) is 11.5 Å². The zero-order valence-corrected chi connectivity index (χ0v) is 7.70. The van der Waals surface area contributed by atoms with Crippen LogP contribution in [0.4, 0.5) is 4.39 Å². The highest BCUT2D eigenvalue weighted by molar-refractivity contribution is 5.47. The topological polar surface area (TPSA) is 75.7 Å². The van der Waals surface area contributed by atoms with Crippen LogP contribution >= 0.6 is 0 Å². The Morgan fingerprint density at radius 1 is 1.57 bits per heavy atom. The van der Waals surface area contributed by atoms with Crippen molar-refractivity contribution in [1.29, 1.82) is 0 Å². The molecule has 1 rings (SSSR count). The van der Waals surface area contributed by atoms with Gasteiger partial charge in [0, 0.05) is 0 Å². The van der Waals surface area contributed by atoms with Crippen LogP contribution in [0.1, 0.15) is 11.6 Å². The largest absolute Gasteiger partial charge is 0.504 e. The highest BCUT2D eigenvalue weighted by atomic mass is 19.1. The molecule has 0 radical (unpaired) electrons. The molecule has 0 aromatic heterocycles. The molecule has 0 spiro atoms. The first kappa shape index (κ1) is 10.7. The molecule has 0 fully saturated rings. The molecule has 1 aromatic carbocycles. The van der Waals surface area contributed by atoms with Crippen molar-refractivity contribution in [1.82, 2.24) is 0 Å². The zero-order chi connectivity index (χ0) is 10.7. The molecule has 0 saturated heterocycles. The summed E-state index contributed by atoms with van der Waals surface area (Å²) in [6.07, 6.45) is 0. The Labute approximate surface area is 80.7 Å². The minimum atomic E-state index is -0.954. The standard InChI is InChI=1S/C9H12FNO3/c1-14-7-3-2-5(10)8(9(7)13)6(11)4-12/h2-3,6,12-13H,4,11H2,1H3/t6-/m0/s1. The lowest BCUT2D eigenvalue weighted by Crippen LogP contribution is -2.16. The molecule has 14 heavy (non-hydrogen) atoms. The summed E-state index contributed by atoms with van der Waals surface area (Å²) >= 11 is 0. The predicted octanol–water partition coefficient (Wildman–Crippen LogP) is 0.532. The number of phenols is 1. The summed E-state index contributed by atoms with van der Waals surface area (Å²) in [5.74, 6) is -0.899. The molecule has 1 aromatic rings. The lowest BCUT2D eigenvalue weighted by atomic mass is 10.1. The summed E-state index contributed by atoms with van der Waals surface area (Å²) in [6, 6.07) is 1.46. The van der Waals surface area contributed by atoms with Gasteiger partial charge in [-0.1, -0.05) is 0 Å². The fourth-order valence-electron chi connectivity index (χ4n) is 1.17. The quantitative estimate of drug-likeness (QED) is 0.666. The molecule has 1 atom stereocenters. The fourth-order valence-corrected chi connectivity index (χ4v) is 1.17. The van der Waals surface area contributed by atoms with E-state index in [4.69, 9.17) is 15.6 Å². The molecule has 0 bridgehead atoms. The SMILES string of the molecule is COc1ccc(F)c([C@@H](N)CO)c1O. The minimum Gasteiger partial charge on any atom is -0.504 e. The van der Waals surface area contributed by atoms with Crippen molar-refractivity contribution in [2.24, 2.45) is 5.73 Å². The molecule has 0 saturated carbocycles. The molecule has 78 valence electrons. The maximum Gasteiger partial charge on any atom is 0.165 e. The van der Waals surface area contributed by atoms with Gasteiger partial charge < -0.3 is 20.7 Å². The minimum absolute atomic E-state index is 0.130. The molecule has 0 unspecified atom stereocenters. The molecule has 0 aliphatic heterocycles. The number of rotatable bonds is 3. The van der Waals surface area contributed by atoms with E-state index in [-0.39, 0.29) is 17.1 Å². The van der Waals surface area contributed by atoms with Crippen LogP contribution in [0.3, 0.4) is 0 Å². The Hall–Kier alpha value is -1.33. The fraction of sp³-hybridized carbons (Fsp3) is 0.333. The number of hydrogen-bond acceptors (Lipinski definition) is 4. The summed E-state index contributed by atoms with van der Waals surface area (Å²) in [4.78, 5) is 0. The third-order valence-corrected chi connectivity index (χ3v) is 1.91. The number of aromatic hydroxyl groups is 1. The van der Waals surface area contributed by atoms with E-state index in [1.165, 1.54) is 13.2 Å². The highest BCUT2D eigenvalue weighted by Gasteiger charge is 2.18. The smallest absolute Gasteiger partial charge is 0.165 e. The average Bonchev–Trinajstić information content (AvgIpc) is 2.18. The summed E-state index contributed by atoms with van der Waals surface area (Å²) in [6.45, 7) is -0.447. The number of aliphatic hydroxyl groups is 1. The summed E-state index contributed by atoms with van der Waals surface area (Å²) < 4.78 is 18.0. The average molecular weight is 201 g/mol. The van der Waals surface area contributed by atoms with Gasteiger partial charge in [-0.3, -0.25) is 0 Å². The van der Waals surface area contributed by atoms with Crippen LogP contribution in [-0.4, -0.2) is 23.9 Å². The van der Waals surface area contributed by atoms with Crippen molar-refractivity contribution in [2.75, 3.05) is 13.7 Å². The maximum atomic E-state index is 13.2. The highest BCUT2D eigenvalue weighted by Crippen LogP contribution is 2.34. The van der Waals surface area contributed by atoms with Gasteiger partial charge in [-0.05, 0) is 12.1 Å². The van der Waals surface area contributed by atoms with Crippen molar-refractivity contribution < 1.29 is 19.3 Å². The summed E-state index contributed by atoms with van der Waals surface area (Å²) in [5, 5.41) is 18.3. The molecule has 0 aliphatic rings. The monoisotopic (exact) mass is 201 g/mol. The molecular weight excluding hydrogens is 189 g/mol. The number of phenolic OH excluding ortho intramolecular Hbond substituents is 1. The number of nitrogens with two attached hydrogens (primary N) is 1. The lowest BCUT2D eigenvalue weighted by Gasteiger charge is -2.13. The first-order valence-electron chi connectivity index (χ1n) is 4.03. The Kier molecular flexibility index (Phi) is 3.27. The second-order valence-corrected chi connectivity index (χ2v) is 2.80. The van der Waals surface area contributed by atoms with Crippen molar-refractivity contribution >= 4 is 0 Å². The molecule has 5 heteroatoms. The van der Waals surface area contributed by atoms with E-state index < -0.39 is 18.5 Å². The van der Waals surface area contributed by atoms with Gasteiger partial charge >= 0.3 is 0 Å². The predicted molar refractivity (Wildman–Crippen MR) is 48.6 cm³/mol. The number of hydrogen-bond donors (Lipinski definition) is 3. The Morgan fingerprint density at radius 2 is 2.21 bits per heavy atom. The third-order valence-electron chi connectivity index (χ3n) is 1.91. The van der Waals surface area contributed by atoms with E-state index in [9.17, 15) is 9.50 Å². The Balaban J connectivity index is 3.25. The lowest BCUT2D eigenvalue weighted by molar-refractivity contribution is 0.260. The number of benzene rings is 1. The van der Waals surface area contributed by atoms with E-state index in [1.54, 1.807) is 0 Å². The van der Waals surface area contributed by atoms with Crippen molar-refractivity contribution in [3.8, 4) is 11.5 Å². The van der Waals surface area contributed by atoms with Gasteiger partial charge in [0.05, 0.1) is 25.3 Å². The van der Waals surface area contributed by atoms with Gasteiger partial charge in [-0.2, -0.15) is 0 Å². The maximum absolute atomic E-state index is 13.2. The number of methoxy groups -OCH3 is 1. The number of halogens is 1. The Bertz CT molecular complexity index is 330. The van der Waals surface area contributed by atoms with Crippen LogP contribution in [0.5, 0.6) is 11.5 Å². The molecule has 0 amide bonds. The van der Waals surface area contributed by atoms with Gasteiger partial charge in [-0.15, -0.1) is 0 Å². The second kappa shape index (κ2) is 4.26. The van der Waals surface area contributed by atoms with E-state index >= 15 is 0 Å². The van der Waals surface area contributed by atoms with Crippen molar-refractivity contribution in [3.05, 3.63) is 23.5 Å². The third kappa shape index (κ3) is 1.78. The first-order valence-corrected chi connectivity index (χ1v) is 4.03. The zero-order valence-electron chi connectivity index (χ0n) is 7.70. The molecule has 0 aliphatic carbocycles. The second-order valence-electron chi connectivity index (χ2n) is 2.80. The summed E-state index contributed by atoms with van der Waals surface area (Å²) in [5.41, 5.74) is 5.28. The molecular formula is C9H12FNO3. The Morgan fingerprint density at radius 3 is 2.71 bits per heavy atom. The van der Waals surface area contributed by atoms with Crippen molar-refractivity contribution in [2.45, 2.75) is 6.04 Å². The van der Waals surface area contributed by atoms with E-state index in [0.717, 1.165) is 6.07 Å². The van der Waals surface area contributed by atoms with Gasteiger partial charge in [0.1, 0.15) is 5.82 Å². The van der Waals surface area contributed by atoms with Gasteiger partial charge in [0.2, 0.25) is 0 Å². The van der Waals surface area contributed by atoms with Gasteiger partial charge in [0.25, 0.3) is 0 Å². The number of aliphatic hydroxyl groups excluding tert-OH is 1. The summed E-state index contributed by atoms with van der Waals surface area (Å²) in [7, 11) is 1.35. The molecule has 0 heterocycles. The van der Waals surface area contributed by atoms with E-state index in [1.807, 2.05) is 0 Å².